The summed E-state index contributed by atoms with van der Waals surface area (Å²) in [5, 5.41) is 6.83. The number of nitrogens with zero attached hydrogens (tertiary/aromatic N) is 2. The molecule has 2 aromatic heterocycles. The van der Waals surface area contributed by atoms with E-state index in [-0.39, 0.29) is 5.54 Å². The molecule has 0 aliphatic carbocycles. The van der Waals surface area contributed by atoms with Crippen LogP contribution in [0.1, 0.15) is 41.2 Å². The highest BCUT2D eigenvalue weighted by Crippen LogP contribution is 2.19. The summed E-state index contributed by atoms with van der Waals surface area (Å²) in [5.74, 6) is 0. The van der Waals surface area contributed by atoms with Crippen LogP contribution in [0.2, 0.25) is 0 Å². The Labute approximate surface area is 136 Å². The van der Waals surface area contributed by atoms with Crippen LogP contribution in [0.25, 0.3) is 0 Å². The molecule has 5 heteroatoms. The Morgan fingerprint density at radius 2 is 1.90 bits per heavy atom. The molecule has 1 N–H and O–H groups in total. The highest BCUT2D eigenvalue weighted by molar-refractivity contribution is 7.12. The first-order valence-corrected chi connectivity index (χ1v) is 8.93. The Balaban J connectivity index is 1.84. The first-order valence-electron chi connectivity index (χ1n) is 7.24. The molecule has 0 atom stereocenters. The molecule has 0 radical (unpaired) electrons. The maximum Gasteiger partial charge on any atom is 0.0897 e. The van der Waals surface area contributed by atoms with Gasteiger partial charge in [0.05, 0.1) is 10.7 Å². The van der Waals surface area contributed by atoms with Gasteiger partial charge in [-0.15, -0.1) is 22.7 Å². The Kier molecular flexibility index (Phi) is 5.54. The number of aromatic nitrogens is 1. The number of rotatable bonds is 6. The van der Waals surface area contributed by atoms with Crippen molar-refractivity contribution in [1.82, 2.24) is 15.2 Å². The van der Waals surface area contributed by atoms with Crippen LogP contribution in [0.4, 0.5) is 0 Å². The van der Waals surface area contributed by atoms with Crippen molar-refractivity contribution in [2.24, 2.45) is 0 Å². The second-order valence-corrected chi connectivity index (χ2v) is 8.82. The zero-order valence-electron chi connectivity index (χ0n) is 13.6. The molecule has 3 nitrogen and oxygen atoms in total. The molecule has 0 saturated heterocycles. The van der Waals surface area contributed by atoms with E-state index in [0.29, 0.717) is 0 Å². The topological polar surface area (TPSA) is 28.2 Å². The van der Waals surface area contributed by atoms with E-state index >= 15 is 0 Å². The predicted molar refractivity (Wildman–Crippen MR) is 92.9 cm³/mol. The highest BCUT2D eigenvalue weighted by atomic mass is 32.1. The molecule has 2 aromatic rings. The molecule has 0 aliphatic rings. The number of nitrogens with one attached hydrogen (secondary N) is 1. The van der Waals surface area contributed by atoms with Gasteiger partial charge >= 0.3 is 0 Å². The van der Waals surface area contributed by atoms with E-state index < -0.39 is 0 Å². The van der Waals surface area contributed by atoms with Crippen molar-refractivity contribution >= 4 is 22.7 Å². The van der Waals surface area contributed by atoms with Crippen molar-refractivity contribution in [3.05, 3.63) is 38.0 Å². The molecular formula is C16H25N3S2. The molecule has 116 valence electrons. The summed E-state index contributed by atoms with van der Waals surface area (Å²) < 4.78 is 0. The quantitative estimate of drug-likeness (QED) is 0.870. The van der Waals surface area contributed by atoms with Crippen LogP contribution in [0.3, 0.4) is 0 Å². The molecule has 0 fully saturated rings. The minimum atomic E-state index is 0.170. The predicted octanol–water partition coefficient (Wildman–Crippen LogP) is 4.03. The smallest absolute Gasteiger partial charge is 0.0897 e. The molecular weight excluding hydrogens is 298 g/mol. The Morgan fingerprint density at radius 1 is 1.19 bits per heavy atom. The second kappa shape index (κ2) is 7.01. The summed E-state index contributed by atoms with van der Waals surface area (Å²) in [7, 11) is 2.15. The summed E-state index contributed by atoms with van der Waals surface area (Å²) >= 11 is 3.62. The van der Waals surface area contributed by atoms with Gasteiger partial charge in [0.2, 0.25) is 0 Å². The van der Waals surface area contributed by atoms with Gasteiger partial charge in [0.15, 0.2) is 0 Å². The van der Waals surface area contributed by atoms with E-state index in [2.05, 4.69) is 67.5 Å². The summed E-state index contributed by atoms with van der Waals surface area (Å²) in [5.41, 5.74) is 1.34. The number of thiazole rings is 1. The third kappa shape index (κ3) is 5.87. The zero-order chi connectivity index (χ0) is 15.5. The maximum absolute atomic E-state index is 4.52. The molecule has 0 aliphatic heterocycles. The van der Waals surface area contributed by atoms with Gasteiger partial charge in [-0.05, 0) is 46.9 Å². The Morgan fingerprint density at radius 3 is 2.52 bits per heavy atom. The van der Waals surface area contributed by atoms with Crippen LogP contribution in [-0.4, -0.2) is 22.5 Å². The molecule has 0 aromatic carbocycles. The lowest BCUT2D eigenvalue weighted by molar-refractivity contribution is 0.318. The standard InChI is InChI=1S/C16H25N3S2/c1-12-18-13(11-20-12)9-19(5)10-15-7-6-14(21-15)8-17-16(2,3)4/h6-7,11,17H,8-10H2,1-5H3. The van der Waals surface area contributed by atoms with Crippen molar-refractivity contribution in [3.63, 3.8) is 0 Å². The van der Waals surface area contributed by atoms with E-state index in [4.69, 9.17) is 0 Å². The van der Waals surface area contributed by atoms with Crippen LogP contribution in [0.5, 0.6) is 0 Å². The molecule has 2 rings (SSSR count). The van der Waals surface area contributed by atoms with Gasteiger partial charge in [-0.2, -0.15) is 0 Å². The van der Waals surface area contributed by atoms with Gasteiger partial charge in [-0.3, -0.25) is 4.90 Å². The minimum Gasteiger partial charge on any atom is -0.307 e. The molecule has 0 bridgehead atoms. The van der Waals surface area contributed by atoms with Gasteiger partial charge in [-0.25, -0.2) is 4.98 Å². The Hall–Kier alpha value is -0.750. The van der Waals surface area contributed by atoms with Crippen LogP contribution < -0.4 is 5.32 Å². The van der Waals surface area contributed by atoms with Crippen LogP contribution in [0, 0.1) is 6.92 Å². The summed E-state index contributed by atoms with van der Waals surface area (Å²) in [4.78, 5) is 9.66. The van der Waals surface area contributed by atoms with Gasteiger partial charge in [0.1, 0.15) is 0 Å². The number of thiophene rings is 1. The van der Waals surface area contributed by atoms with Crippen LogP contribution >= 0.6 is 22.7 Å². The summed E-state index contributed by atoms with van der Waals surface area (Å²) in [6.45, 7) is 11.5. The average Bonchev–Trinajstić information content (AvgIpc) is 2.95. The van der Waals surface area contributed by atoms with E-state index in [1.807, 2.05) is 11.3 Å². The van der Waals surface area contributed by atoms with Crippen molar-refractivity contribution < 1.29 is 0 Å². The van der Waals surface area contributed by atoms with Crippen LogP contribution in [-0.2, 0) is 19.6 Å². The van der Waals surface area contributed by atoms with Crippen LogP contribution in [0.15, 0.2) is 17.5 Å². The second-order valence-electron chi connectivity index (χ2n) is 6.50. The van der Waals surface area contributed by atoms with Gasteiger partial charge < -0.3 is 5.32 Å². The fourth-order valence-corrected chi connectivity index (χ4v) is 3.68. The molecule has 21 heavy (non-hydrogen) atoms. The highest BCUT2D eigenvalue weighted by Gasteiger charge is 2.10. The van der Waals surface area contributed by atoms with E-state index in [1.165, 1.54) is 15.4 Å². The lowest BCUT2D eigenvalue weighted by Crippen LogP contribution is -2.34. The van der Waals surface area contributed by atoms with Crippen molar-refractivity contribution in [3.8, 4) is 0 Å². The molecule has 0 unspecified atom stereocenters. The SMILES string of the molecule is Cc1nc(CN(C)Cc2ccc(CNC(C)(C)C)s2)cs1. The first-order chi connectivity index (χ1) is 9.82. The van der Waals surface area contributed by atoms with Crippen molar-refractivity contribution in [1.29, 1.82) is 0 Å². The number of hydrogen-bond acceptors (Lipinski definition) is 5. The summed E-state index contributed by atoms with van der Waals surface area (Å²) in [6, 6.07) is 4.48. The zero-order valence-corrected chi connectivity index (χ0v) is 15.2. The normalized spacial score (nSPS) is 12.3. The third-order valence-corrected chi connectivity index (χ3v) is 4.93. The monoisotopic (exact) mass is 323 g/mol. The summed E-state index contributed by atoms with van der Waals surface area (Å²) in [6.07, 6.45) is 0. The van der Waals surface area contributed by atoms with Crippen molar-refractivity contribution in [2.75, 3.05) is 7.05 Å². The number of hydrogen-bond donors (Lipinski definition) is 1. The lowest BCUT2D eigenvalue weighted by Gasteiger charge is -2.19. The third-order valence-electron chi connectivity index (χ3n) is 3.03. The van der Waals surface area contributed by atoms with E-state index in [9.17, 15) is 0 Å². The average molecular weight is 324 g/mol. The molecule has 0 spiro atoms. The number of aryl methyl sites for hydroxylation is 1. The van der Waals surface area contributed by atoms with Crippen molar-refractivity contribution in [2.45, 2.75) is 52.9 Å². The largest absolute Gasteiger partial charge is 0.307 e. The molecule has 0 saturated carbocycles. The Bertz CT molecular complexity index is 566. The van der Waals surface area contributed by atoms with E-state index in [1.54, 1.807) is 11.3 Å². The van der Waals surface area contributed by atoms with E-state index in [0.717, 1.165) is 24.6 Å². The van der Waals surface area contributed by atoms with Gasteiger partial charge in [-0.1, -0.05) is 0 Å². The lowest BCUT2D eigenvalue weighted by atomic mass is 10.1. The first kappa shape index (κ1) is 16.6. The molecule has 0 amide bonds. The molecule has 2 heterocycles. The van der Waals surface area contributed by atoms with Gasteiger partial charge in [0, 0.05) is 40.3 Å². The minimum absolute atomic E-state index is 0.170. The fraction of sp³-hybridized carbons (Fsp3) is 0.562. The van der Waals surface area contributed by atoms with Gasteiger partial charge in [0.25, 0.3) is 0 Å². The maximum atomic E-state index is 4.52. The fourth-order valence-electron chi connectivity index (χ4n) is 2.03.